The van der Waals surface area contributed by atoms with E-state index < -0.39 is 0 Å². The van der Waals surface area contributed by atoms with Gasteiger partial charge in [-0.1, -0.05) is 0 Å². The van der Waals surface area contributed by atoms with E-state index in [1.165, 1.54) is 0 Å². The number of aliphatic hydroxyl groups is 1. The molecule has 4 heterocycles. The Labute approximate surface area is 161 Å². The number of rotatable bonds is 7. The van der Waals surface area contributed by atoms with Gasteiger partial charge in [0.1, 0.15) is 0 Å². The van der Waals surface area contributed by atoms with Crippen LogP contribution in [0.25, 0.3) is 16.8 Å². The summed E-state index contributed by atoms with van der Waals surface area (Å²) in [6, 6.07) is 5.99. The summed E-state index contributed by atoms with van der Waals surface area (Å²) in [4.78, 5) is 9.01. The van der Waals surface area contributed by atoms with Crippen LogP contribution in [0.1, 0.15) is 18.5 Å². The molecule has 10 heteroatoms. The second kappa shape index (κ2) is 7.62. The smallest absolute Gasteiger partial charge is 0.183 e. The summed E-state index contributed by atoms with van der Waals surface area (Å²) in [7, 11) is 0. The molecule has 0 radical (unpaired) electrons. The first-order valence-corrected chi connectivity index (χ1v) is 8.85. The Morgan fingerprint density at radius 1 is 1.21 bits per heavy atom. The van der Waals surface area contributed by atoms with Crippen LogP contribution >= 0.6 is 0 Å². The van der Waals surface area contributed by atoms with Crippen molar-refractivity contribution in [1.29, 1.82) is 0 Å². The topological polar surface area (TPSA) is 131 Å². The van der Waals surface area contributed by atoms with E-state index in [-0.39, 0.29) is 12.6 Å². The fraction of sp³-hybridized carbons (Fsp3) is 0.222. The zero-order valence-electron chi connectivity index (χ0n) is 15.3. The first-order chi connectivity index (χ1) is 13.7. The molecule has 10 nitrogen and oxygen atoms in total. The number of aliphatic hydroxyl groups excluding tert-OH is 1. The van der Waals surface area contributed by atoms with E-state index in [2.05, 4.69) is 37.0 Å². The maximum Gasteiger partial charge on any atom is 0.183 e. The van der Waals surface area contributed by atoms with Gasteiger partial charge in [0.05, 0.1) is 42.8 Å². The Kier molecular flexibility index (Phi) is 4.87. The largest absolute Gasteiger partial charge is 0.394 e. The Morgan fingerprint density at radius 3 is 2.93 bits per heavy atom. The molecule has 0 fully saturated rings. The second-order valence-corrected chi connectivity index (χ2v) is 6.34. The van der Waals surface area contributed by atoms with Crippen LogP contribution in [0.4, 0.5) is 11.6 Å². The van der Waals surface area contributed by atoms with Gasteiger partial charge < -0.3 is 15.8 Å². The summed E-state index contributed by atoms with van der Waals surface area (Å²) < 4.78 is 3.47. The highest BCUT2D eigenvalue weighted by molar-refractivity contribution is 5.66. The molecule has 0 amide bonds. The second-order valence-electron chi connectivity index (χ2n) is 6.34. The molecule has 144 valence electrons. The monoisotopic (exact) mass is 379 g/mol. The van der Waals surface area contributed by atoms with Gasteiger partial charge in [0.15, 0.2) is 11.6 Å². The van der Waals surface area contributed by atoms with E-state index in [0.717, 1.165) is 16.6 Å². The summed E-state index contributed by atoms with van der Waals surface area (Å²) in [5.74, 6) is 6.60. The summed E-state index contributed by atoms with van der Waals surface area (Å²) in [5, 5.41) is 20.8. The number of nitrogens with two attached hydrogens (primary N) is 1. The standard InChI is InChI=1S/C18H21N9O/c1-12(13-3-5-27-15(8-13)2-4-21-27)23-18-17(25-19)20-10-16(24-18)14-9-22-26(11-14)6-7-28/h2-5,8-12,28H,6-7,19H2,1H3,(H,20,25)(H,23,24)/t12-/m0/s1. The minimum absolute atomic E-state index is 0.0225. The van der Waals surface area contributed by atoms with Gasteiger partial charge in [-0.25, -0.2) is 20.3 Å². The van der Waals surface area contributed by atoms with Crippen LogP contribution in [0.2, 0.25) is 0 Å². The summed E-state index contributed by atoms with van der Waals surface area (Å²) in [6.07, 6.45) is 8.82. The fourth-order valence-electron chi connectivity index (χ4n) is 2.95. The number of nitrogens with zero attached hydrogens (tertiary/aromatic N) is 6. The molecule has 0 aliphatic rings. The van der Waals surface area contributed by atoms with Gasteiger partial charge >= 0.3 is 0 Å². The van der Waals surface area contributed by atoms with Gasteiger partial charge in [0, 0.05) is 24.2 Å². The number of pyridine rings is 1. The predicted molar refractivity (Wildman–Crippen MR) is 105 cm³/mol. The van der Waals surface area contributed by atoms with Crippen LogP contribution in [-0.2, 0) is 6.54 Å². The molecule has 0 aliphatic carbocycles. The number of fused-ring (bicyclic) bond motifs is 1. The summed E-state index contributed by atoms with van der Waals surface area (Å²) in [6.45, 7) is 2.49. The Balaban J connectivity index is 1.61. The fourth-order valence-corrected chi connectivity index (χ4v) is 2.95. The van der Waals surface area contributed by atoms with Crippen molar-refractivity contribution < 1.29 is 5.11 Å². The third kappa shape index (κ3) is 3.50. The third-order valence-electron chi connectivity index (χ3n) is 4.44. The van der Waals surface area contributed by atoms with Crippen molar-refractivity contribution in [3.63, 3.8) is 0 Å². The first kappa shape index (κ1) is 17.9. The van der Waals surface area contributed by atoms with Crippen LogP contribution in [-0.4, -0.2) is 41.1 Å². The molecular formula is C18H21N9O. The lowest BCUT2D eigenvalue weighted by Crippen LogP contribution is -2.15. The molecule has 0 aliphatic heterocycles. The minimum Gasteiger partial charge on any atom is -0.394 e. The molecule has 4 aromatic heterocycles. The van der Waals surface area contributed by atoms with Crippen molar-refractivity contribution >= 4 is 17.2 Å². The Bertz CT molecular complexity index is 1090. The molecule has 28 heavy (non-hydrogen) atoms. The quantitative estimate of drug-likeness (QED) is 0.280. The van der Waals surface area contributed by atoms with Crippen molar-refractivity contribution in [2.75, 3.05) is 17.3 Å². The zero-order valence-corrected chi connectivity index (χ0v) is 15.3. The van der Waals surface area contributed by atoms with Crippen LogP contribution in [0, 0.1) is 0 Å². The van der Waals surface area contributed by atoms with Gasteiger partial charge in [-0.2, -0.15) is 10.2 Å². The molecule has 0 unspecified atom stereocenters. The summed E-state index contributed by atoms with van der Waals surface area (Å²) in [5.41, 5.74) is 6.14. The van der Waals surface area contributed by atoms with E-state index in [0.29, 0.717) is 23.9 Å². The number of hydrazine groups is 1. The highest BCUT2D eigenvalue weighted by atomic mass is 16.3. The van der Waals surface area contributed by atoms with Crippen molar-refractivity contribution in [2.24, 2.45) is 5.84 Å². The highest BCUT2D eigenvalue weighted by Crippen LogP contribution is 2.26. The molecule has 0 bridgehead atoms. The first-order valence-electron chi connectivity index (χ1n) is 8.85. The maximum atomic E-state index is 9.05. The van der Waals surface area contributed by atoms with Crippen molar-refractivity contribution in [1.82, 2.24) is 29.4 Å². The number of anilines is 2. The molecule has 1 atom stereocenters. The lowest BCUT2D eigenvalue weighted by atomic mass is 10.1. The molecule has 4 aromatic rings. The molecule has 5 N–H and O–H groups in total. The van der Waals surface area contributed by atoms with Crippen molar-refractivity contribution in [3.8, 4) is 11.3 Å². The van der Waals surface area contributed by atoms with Crippen LogP contribution in [0.5, 0.6) is 0 Å². The van der Waals surface area contributed by atoms with Gasteiger partial charge in [0.2, 0.25) is 0 Å². The van der Waals surface area contributed by atoms with Gasteiger partial charge in [0.25, 0.3) is 0 Å². The lowest BCUT2D eigenvalue weighted by molar-refractivity contribution is 0.269. The van der Waals surface area contributed by atoms with Crippen LogP contribution < -0.4 is 16.6 Å². The maximum absolute atomic E-state index is 9.05. The van der Waals surface area contributed by atoms with Crippen LogP contribution in [0.15, 0.2) is 49.2 Å². The van der Waals surface area contributed by atoms with Gasteiger partial charge in [-0.3, -0.25) is 4.68 Å². The Morgan fingerprint density at radius 2 is 2.11 bits per heavy atom. The number of nitrogen functional groups attached to an aromatic ring is 1. The molecule has 0 spiro atoms. The van der Waals surface area contributed by atoms with E-state index in [1.807, 2.05) is 36.0 Å². The molecule has 0 aromatic carbocycles. The normalized spacial score (nSPS) is 12.2. The van der Waals surface area contributed by atoms with E-state index in [4.69, 9.17) is 10.9 Å². The molecule has 0 saturated carbocycles. The zero-order chi connectivity index (χ0) is 19.5. The predicted octanol–water partition coefficient (Wildman–Crippen LogP) is 1.44. The molecule has 4 rings (SSSR count). The lowest BCUT2D eigenvalue weighted by Gasteiger charge is -2.17. The van der Waals surface area contributed by atoms with Crippen molar-refractivity contribution in [3.05, 3.63) is 54.7 Å². The van der Waals surface area contributed by atoms with E-state index >= 15 is 0 Å². The SMILES string of the molecule is C[C@H](Nc1nc(-c2cnn(CCO)c2)cnc1NN)c1ccn2nccc2c1. The van der Waals surface area contributed by atoms with Crippen LogP contribution in [0.3, 0.4) is 0 Å². The number of aromatic nitrogens is 6. The number of nitrogens with one attached hydrogen (secondary N) is 2. The Hall–Kier alpha value is -3.50. The van der Waals surface area contributed by atoms with E-state index in [1.54, 1.807) is 23.3 Å². The van der Waals surface area contributed by atoms with Gasteiger partial charge in [-0.15, -0.1) is 0 Å². The number of hydrogen-bond acceptors (Lipinski definition) is 8. The highest BCUT2D eigenvalue weighted by Gasteiger charge is 2.14. The molecule has 0 saturated heterocycles. The third-order valence-corrected chi connectivity index (χ3v) is 4.44. The molecular weight excluding hydrogens is 358 g/mol. The summed E-state index contributed by atoms with van der Waals surface area (Å²) >= 11 is 0. The minimum atomic E-state index is -0.0336. The number of hydrogen-bond donors (Lipinski definition) is 4. The van der Waals surface area contributed by atoms with E-state index in [9.17, 15) is 0 Å². The average Bonchev–Trinajstić information content (AvgIpc) is 3.37. The van der Waals surface area contributed by atoms with Gasteiger partial charge in [-0.05, 0) is 30.7 Å². The average molecular weight is 379 g/mol. The van der Waals surface area contributed by atoms with Crippen molar-refractivity contribution in [2.45, 2.75) is 19.5 Å².